The maximum Gasteiger partial charge on any atom is 0.146 e. The van der Waals surface area contributed by atoms with Crippen molar-refractivity contribution in [3.05, 3.63) is 45.0 Å². The molecule has 1 heterocycles. The monoisotopic (exact) mass is 386 g/mol. The molecule has 1 aromatic heterocycles. The molecule has 0 bridgehead atoms. The minimum absolute atomic E-state index is 0.193. The van der Waals surface area contributed by atoms with E-state index in [1.807, 2.05) is 20.8 Å². The van der Waals surface area contributed by atoms with Crippen LogP contribution in [0.1, 0.15) is 26.6 Å². The van der Waals surface area contributed by atoms with Gasteiger partial charge in [-0.15, -0.1) is 0 Å². The molecular weight excluding hydrogens is 375 g/mol. The molecule has 0 saturated heterocycles. The van der Waals surface area contributed by atoms with Gasteiger partial charge in [-0.05, 0) is 50.1 Å². The fourth-order valence-corrected chi connectivity index (χ4v) is 2.34. The normalized spacial score (nSPS) is 11.7. The van der Waals surface area contributed by atoms with E-state index in [2.05, 4.69) is 41.8 Å². The Kier molecular flexibility index (Phi) is 4.06. The maximum atomic E-state index is 14.1. The van der Waals surface area contributed by atoms with Gasteiger partial charge in [0.25, 0.3) is 0 Å². The van der Waals surface area contributed by atoms with Crippen LogP contribution >= 0.6 is 31.9 Å². The van der Waals surface area contributed by atoms with Gasteiger partial charge >= 0.3 is 0 Å². The zero-order chi connectivity index (χ0) is 14.2. The average molecular weight is 388 g/mol. The molecule has 0 radical (unpaired) electrons. The molecule has 5 heteroatoms. The molecule has 0 aliphatic rings. The first-order valence-corrected chi connectivity index (χ1v) is 7.37. The Bertz CT molecular complexity index is 621. The highest BCUT2D eigenvalue weighted by molar-refractivity contribution is 9.10. The standard InChI is InChI=1S/C14H13Br2FN2/c1-14(2,3)13-18-10(7-11(16)19-13)8-5-4-6-9(15)12(8)17/h4-7H,1-3H3. The third-order valence-electron chi connectivity index (χ3n) is 2.59. The third kappa shape index (κ3) is 3.20. The Morgan fingerprint density at radius 1 is 1.11 bits per heavy atom. The maximum absolute atomic E-state index is 14.1. The fraction of sp³-hybridized carbons (Fsp3) is 0.286. The van der Waals surface area contributed by atoms with Gasteiger partial charge in [0.1, 0.15) is 16.2 Å². The Morgan fingerprint density at radius 2 is 1.79 bits per heavy atom. The van der Waals surface area contributed by atoms with Crippen LogP contribution in [-0.2, 0) is 5.41 Å². The minimum Gasteiger partial charge on any atom is -0.232 e. The van der Waals surface area contributed by atoms with Gasteiger partial charge in [0, 0.05) is 11.0 Å². The van der Waals surface area contributed by atoms with E-state index in [-0.39, 0.29) is 11.2 Å². The lowest BCUT2D eigenvalue weighted by Gasteiger charge is -2.17. The molecule has 0 fully saturated rings. The molecule has 0 saturated carbocycles. The SMILES string of the molecule is CC(C)(C)c1nc(Br)cc(-c2cccc(Br)c2F)n1. The summed E-state index contributed by atoms with van der Waals surface area (Å²) in [6, 6.07) is 6.89. The molecule has 0 aliphatic carbocycles. The molecule has 2 nitrogen and oxygen atoms in total. The quantitative estimate of drug-likeness (QED) is 0.635. The summed E-state index contributed by atoms with van der Waals surface area (Å²) >= 11 is 6.55. The summed E-state index contributed by atoms with van der Waals surface area (Å²) in [5.41, 5.74) is 0.842. The van der Waals surface area contributed by atoms with Crippen molar-refractivity contribution in [3.63, 3.8) is 0 Å². The number of hydrogen-bond donors (Lipinski definition) is 0. The van der Waals surface area contributed by atoms with E-state index in [0.717, 1.165) is 0 Å². The number of benzene rings is 1. The summed E-state index contributed by atoms with van der Waals surface area (Å²) in [6.07, 6.45) is 0. The lowest BCUT2D eigenvalue weighted by Crippen LogP contribution is -2.16. The van der Waals surface area contributed by atoms with E-state index in [1.165, 1.54) is 0 Å². The van der Waals surface area contributed by atoms with Crippen LogP contribution in [0.15, 0.2) is 33.3 Å². The summed E-state index contributed by atoms with van der Waals surface area (Å²) in [5, 5.41) is 0. The van der Waals surface area contributed by atoms with Gasteiger partial charge in [-0.1, -0.05) is 26.8 Å². The zero-order valence-electron chi connectivity index (χ0n) is 10.8. The van der Waals surface area contributed by atoms with Crippen LogP contribution in [0, 0.1) is 5.82 Å². The van der Waals surface area contributed by atoms with Gasteiger partial charge in [0.15, 0.2) is 0 Å². The van der Waals surface area contributed by atoms with Crippen LogP contribution in [0.5, 0.6) is 0 Å². The predicted octanol–water partition coefficient (Wildman–Crippen LogP) is 5.11. The van der Waals surface area contributed by atoms with Gasteiger partial charge in [-0.3, -0.25) is 0 Å². The molecule has 0 aliphatic heterocycles. The highest BCUT2D eigenvalue weighted by Crippen LogP contribution is 2.29. The summed E-state index contributed by atoms with van der Waals surface area (Å²) < 4.78 is 15.2. The highest BCUT2D eigenvalue weighted by atomic mass is 79.9. The van der Waals surface area contributed by atoms with Gasteiger partial charge in [-0.25, -0.2) is 14.4 Å². The largest absolute Gasteiger partial charge is 0.232 e. The lowest BCUT2D eigenvalue weighted by molar-refractivity contribution is 0.543. The van der Waals surface area contributed by atoms with Gasteiger partial charge in [0.05, 0.1) is 10.2 Å². The predicted molar refractivity (Wildman–Crippen MR) is 81.5 cm³/mol. The van der Waals surface area contributed by atoms with Crippen molar-refractivity contribution in [2.24, 2.45) is 0 Å². The first kappa shape index (κ1) is 14.6. The topological polar surface area (TPSA) is 25.8 Å². The van der Waals surface area contributed by atoms with Crippen LogP contribution in [0.3, 0.4) is 0 Å². The molecule has 0 unspecified atom stereocenters. The summed E-state index contributed by atoms with van der Waals surface area (Å²) in [7, 11) is 0. The second kappa shape index (κ2) is 5.29. The van der Waals surface area contributed by atoms with E-state index in [1.54, 1.807) is 24.3 Å². The van der Waals surface area contributed by atoms with Crippen molar-refractivity contribution >= 4 is 31.9 Å². The first-order valence-electron chi connectivity index (χ1n) is 5.78. The Labute approximate surface area is 128 Å². The third-order valence-corrected chi connectivity index (χ3v) is 3.61. The molecular formula is C14H13Br2FN2. The van der Waals surface area contributed by atoms with Crippen LogP contribution in [-0.4, -0.2) is 9.97 Å². The van der Waals surface area contributed by atoms with Gasteiger partial charge in [-0.2, -0.15) is 0 Å². The fourth-order valence-electron chi connectivity index (χ4n) is 1.59. The zero-order valence-corrected chi connectivity index (χ0v) is 14.0. The van der Waals surface area contributed by atoms with E-state index in [0.29, 0.717) is 26.2 Å². The number of nitrogens with zero attached hydrogens (tertiary/aromatic N) is 2. The van der Waals surface area contributed by atoms with Crippen molar-refractivity contribution in [3.8, 4) is 11.3 Å². The van der Waals surface area contributed by atoms with Crippen LogP contribution < -0.4 is 0 Å². The van der Waals surface area contributed by atoms with Crippen LogP contribution in [0.4, 0.5) is 4.39 Å². The van der Waals surface area contributed by atoms with E-state index < -0.39 is 0 Å². The van der Waals surface area contributed by atoms with Gasteiger partial charge < -0.3 is 0 Å². The highest BCUT2D eigenvalue weighted by Gasteiger charge is 2.20. The van der Waals surface area contributed by atoms with E-state index in [9.17, 15) is 4.39 Å². The van der Waals surface area contributed by atoms with E-state index in [4.69, 9.17) is 0 Å². The Morgan fingerprint density at radius 3 is 2.42 bits per heavy atom. The second-order valence-corrected chi connectivity index (χ2v) is 6.92. The van der Waals surface area contributed by atoms with Crippen molar-refractivity contribution in [2.75, 3.05) is 0 Å². The van der Waals surface area contributed by atoms with Crippen molar-refractivity contribution in [2.45, 2.75) is 26.2 Å². The molecule has 100 valence electrons. The molecule has 1 aromatic carbocycles. The first-order chi connectivity index (χ1) is 8.79. The van der Waals surface area contributed by atoms with Crippen molar-refractivity contribution < 1.29 is 4.39 Å². The minimum atomic E-state index is -0.312. The molecule has 0 spiro atoms. The van der Waals surface area contributed by atoms with Crippen LogP contribution in [0.25, 0.3) is 11.3 Å². The number of halogens is 3. The lowest BCUT2D eigenvalue weighted by atomic mass is 9.95. The molecule has 19 heavy (non-hydrogen) atoms. The Hall–Kier alpha value is -0.810. The summed E-state index contributed by atoms with van der Waals surface area (Å²) in [4.78, 5) is 8.83. The molecule has 2 aromatic rings. The smallest absolute Gasteiger partial charge is 0.146 e. The van der Waals surface area contributed by atoms with Crippen LogP contribution in [0.2, 0.25) is 0 Å². The summed E-state index contributed by atoms with van der Waals surface area (Å²) in [6.45, 7) is 6.07. The number of hydrogen-bond acceptors (Lipinski definition) is 2. The molecule has 0 amide bonds. The molecule has 0 atom stereocenters. The van der Waals surface area contributed by atoms with Gasteiger partial charge in [0.2, 0.25) is 0 Å². The summed E-state index contributed by atoms with van der Waals surface area (Å²) in [5.74, 6) is 0.365. The van der Waals surface area contributed by atoms with E-state index >= 15 is 0 Å². The Balaban J connectivity index is 2.63. The average Bonchev–Trinajstić information content (AvgIpc) is 2.31. The second-order valence-electron chi connectivity index (χ2n) is 5.25. The van der Waals surface area contributed by atoms with Crippen molar-refractivity contribution in [1.82, 2.24) is 9.97 Å². The molecule has 2 rings (SSSR count). The number of aromatic nitrogens is 2. The molecule has 0 N–H and O–H groups in total. The number of rotatable bonds is 1. The van der Waals surface area contributed by atoms with Crippen molar-refractivity contribution in [1.29, 1.82) is 0 Å².